The number of amides is 2. The molecular weight excluding hydrogens is 254 g/mol. The van der Waals surface area contributed by atoms with Crippen LogP contribution in [0.4, 0.5) is 4.79 Å². The Balaban J connectivity index is 2.31. The molecular formula is C15H21N3O2. The first-order valence-electron chi connectivity index (χ1n) is 6.70. The maximum absolute atomic E-state index is 11.6. The first-order chi connectivity index (χ1) is 9.51. The predicted molar refractivity (Wildman–Crippen MR) is 76.9 cm³/mol. The average molecular weight is 275 g/mol. The number of urea groups is 1. The van der Waals surface area contributed by atoms with Crippen molar-refractivity contribution < 1.29 is 9.90 Å². The number of benzene rings is 1. The molecule has 1 aromatic rings. The summed E-state index contributed by atoms with van der Waals surface area (Å²) in [5.41, 5.74) is 1.46. The van der Waals surface area contributed by atoms with Crippen LogP contribution in [0.3, 0.4) is 0 Å². The zero-order valence-corrected chi connectivity index (χ0v) is 11.9. The van der Waals surface area contributed by atoms with E-state index in [-0.39, 0.29) is 18.1 Å². The van der Waals surface area contributed by atoms with Crippen LogP contribution in [0.2, 0.25) is 0 Å². The van der Waals surface area contributed by atoms with E-state index >= 15 is 0 Å². The minimum atomic E-state index is -0.358. The lowest BCUT2D eigenvalue weighted by molar-refractivity contribution is 0.163. The molecule has 2 unspecified atom stereocenters. The van der Waals surface area contributed by atoms with Crippen molar-refractivity contribution >= 4 is 6.03 Å². The lowest BCUT2D eigenvalue weighted by Crippen LogP contribution is -2.37. The van der Waals surface area contributed by atoms with Gasteiger partial charge in [-0.25, -0.2) is 4.79 Å². The summed E-state index contributed by atoms with van der Waals surface area (Å²) in [7, 11) is 0. The number of rotatable bonds is 6. The van der Waals surface area contributed by atoms with Gasteiger partial charge in [-0.3, -0.25) is 0 Å². The number of aliphatic hydroxyl groups excluding tert-OH is 1. The van der Waals surface area contributed by atoms with Gasteiger partial charge in [0.2, 0.25) is 0 Å². The molecule has 0 aliphatic heterocycles. The van der Waals surface area contributed by atoms with Crippen LogP contribution in [0.5, 0.6) is 0 Å². The van der Waals surface area contributed by atoms with Crippen molar-refractivity contribution in [1.29, 1.82) is 5.26 Å². The van der Waals surface area contributed by atoms with Crippen LogP contribution in [0.25, 0.3) is 0 Å². The van der Waals surface area contributed by atoms with E-state index in [2.05, 4.69) is 16.7 Å². The fourth-order valence-electron chi connectivity index (χ4n) is 1.93. The summed E-state index contributed by atoms with van der Waals surface area (Å²) < 4.78 is 0. The van der Waals surface area contributed by atoms with Crippen LogP contribution in [-0.4, -0.2) is 23.8 Å². The van der Waals surface area contributed by atoms with Crippen LogP contribution in [0.1, 0.15) is 31.4 Å². The topological polar surface area (TPSA) is 85.2 Å². The molecule has 0 saturated heterocycles. The zero-order chi connectivity index (χ0) is 15.0. The smallest absolute Gasteiger partial charge is 0.315 e. The van der Waals surface area contributed by atoms with E-state index in [0.717, 1.165) is 5.56 Å². The maximum atomic E-state index is 11.6. The Labute approximate surface area is 119 Å². The Morgan fingerprint density at radius 3 is 2.80 bits per heavy atom. The molecule has 0 aromatic heterocycles. The van der Waals surface area contributed by atoms with Gasteiger partial charge in [0, 0.05) is 13.1 Å². The third-order valence-corrected chi connectivity index (χ3v) is 2.86. The van der Waals surface area contributed by atoms with E-state index in [0.29, 0.717) is 25.1 Å². The monoisotopic (exact) mass is 275 g/mol. The number of nitrogens with one attached hydrogen (secondary N) is 2. The maximum Gasteiger partial charge on any atom is 0.315 e. The van der Waals surface area contributed by atoms with Crippen molar-refractivity contribution in [3.05, 3.63) is 35.4 Å². The molecule has 5 nitrogen and oxygen atoms in total. The Kier molecular flexibility index (Phi) is 6.54. The first kappa shape index (κ1) is 16.0. The molecule has 0 fully saturated rings. The van der Waals surface area contributed by atoms with Crippen molar-refractivity contribution in [2.75, 3.05) is 6.54 Å². The Morgan fingerprint density at radius 2 is 2.15 bits per heavy atom. The van der Waals surface area contributed by atoms with Crippen LogP contribution < -0.4 is 10.6 Å². The van der Waals surface area contributed by atoms with Crippen molar-refractivity contribution in [2.24, 2.45) is 5.92 Å². The first-order valence-corrected chi connectivity index (χ1v) is 6.70. The highest BCUT2D eigenvalue weighted by Crippen LogP contribution is 2.05. The largest absolute Gasteiger partial charge is 0.393 e. The van der Waals surface area contributed by atoms with Gasteiger partial charge in [-0.1, -0.05) is 19.1 Å². The van der Waals surface area contributed by atoms with Crippen molar-refractivity contribution in [2.45, 2.75) is 32.9 Å². The van der Waals surface area contributed by atoms with Gasteiger partial charge in [-0.15, -0.1) is 0 Å². The number of carbonyl (C=O) groups excluding carboxylic acids is 1. The summed E-state index contributed by atoms with van der Waals surface area (Å²) in [6.07, 6.45) is 0.299. The molecule has 0 spiro atoms. The van der Waals surface area contributed by atoms with Gasteiger partial charge in [0.25, 0.3) is 0 Å². The molecule has 0 bridgehead atoms. The second-order valence-corrected chi connectivity index (χ2v) is 5.07. The minimum absolute atomic E-state index is 0.225. The van der Waals surface area contributed by atoms with E-state index in [1.807, 2.05) is 13.0 Å². The molecule has 0 aliphatic carbocycles. The number of nitriles is 1. The van der Waals surface area contributed by atoms with Crippen molar-refractivity contribution in [3.8, 4) is 6.07 Å². The molecule has 5 heteroatoms. The molecule has 2 amide bonds. The van der Waals surface area contributed by atoms with Crippen LogP contribution in [0.15, 0.2) is 24.3 Å². The summed E-state index contributed by atoms with van der Waals surface area (Å²) in [5.74, 6) is 0.225. The molecule has 0 saturated carbocycles. The van der Waals surface area contributed by atoms with Crippen LogP contribution in [0, 0.1) is 17.2 Å². The van der Waals surface area contributed by atoms with E-state index in [1.54, 1.807) is 25.1 Å². The van der Waals surface area contributed by atoms with E-state index in [4.69, 9.17) is 5.26 Å². The quantitative estimate of drug-likeness (QED) is 0.739. The lowest BCUT2D eigenvalue weighted by Gasteiger charge is -2.14. The number of hydrogen-bond acceptors (Lipinski definition) is 3. The molecule has 20 heavy (non-hydrogen) atoms. The fraction of sp³-hybridized carbons (Fsp3) is 0.467. The lowest BCUT2D eigenvalue weighted by atomic mass is 10.1. The highest BCUT2D eigenvalue weighted by Gasteiger charge is 2.08. The predicted octanol–water partition coefficient (Wildman–Crippen LogP) is 1.76. The summed E-state index contributed by atoms with van der Waals surface area (Å²) in [4.78, 5) is 11.6. The van der Waals surface area contributed by atoms with Crippen molar-refractivity contribution in [3.63, 3.8) is 0 Å². The molecule has 3 N–H and O–H groups in total. The SMILES string of the molecule is CC(O)CC(C)CNC(=O)NCc1cccc(C#N)c1. The number of aliphatic hydroxyl groups is 1. The van der Waals surface area contributed by atoms with Crippen LogP contribution in [-0.2, 0) is 6.54 Å². The van der Waals surface area contributed by atoms with Gasteiger partial charge in [0.05, 0.1) is 17.7 Å². The standard InChI is InChI=1S/C15H21N3O2/c1-11(6-12(2)19)9-17-15(20)18-10-14-5-3-4-13(7-14)8-16/h3-5,7,11-12,19H,6,9-10H2,1-2H3,(H2,17,18,20). The highest BCUT2D eigenvalue weighted by atomic mass is 16.3. The van der Waals surface area contributed by atoms with Gasteiger partial charge < -0.3 is 15.7 Å². The normalized spacial score (nSPS) is 13.1. The summed E-state index contributed by atoms with van der Waals surface area (Å²) >= 11 is 0. The summed E-state index contributed by atoms with van der Waals surface area (Å²) in [5, 5.41) is 23.5. The van der Waals surface area contributed by atoms with E-state index in [1.165, 1.54) is 0 Å². The molecule has 1 aromatic carbocycles. The van der Waals surface area contributed by atoms with Gasteiger partial charge in [-0.2, -0.15) is 5.26 Å². The second-order valence-electron chi connectivity index (χ2n) is 5.07. The second kappa shape index (κ2) is 8.18. The summed E-state index contributed by atoms with van der Waals surface area (Å²) in [6, 6.07) is 8.93. The third kappa shape index (κ3) is 6.21. The molecule has 0 radical (unpaired) electrons. The van der Waals surface area contributed by atoms with Gasteiger partial charge in [0.1, 0.15) is 0 Å². The van der Waals surface area contributed by atoms with Gasteiger partial charge in [0.15, 0.2) is 0 Å². The minimum Gasteiger partial charge on any atom is -0.393 e. The van der Waals surface area contributed by atoms with E-state index < -0.39 is 0 Å². The Morgan fingerprint density at radius 1 is 1.40 bits per heavy atom. The number of nitrogens with zero attached hydrogens (tertiary/aromatic N) is 1. The molecule has 108 valence electrons. The Hall–Kier alpha value is -2.06. The third-order valence-electron chi connectivity index (χ3n) is 2.86. The van der Waals surface area contributed by atoms with Crippen LogP contribution >= 0.6 is 0 Å². The zero-order valence-electron chi connectivity index (χ0n) is 11.9. The molecule has 2 atom stereocenters. The number of hydrogen-bond donors (Lipinski definition) is 3. The molecule has 1 rings (SSSR count). The molecule has 0 heterocycles. The molecule has 0 aliphatic rings. The van der Waals surface area contributed by atoms with Gasteiger partial charge in [-0.05, 0) is 37.0 Å². The van der Waals surface area contributed by atoms with E-state index in [9.17, 15) is 9.90 Å². The highest BCUT2D eigenvalue weighted by molar-refractivity contribution is 5.73. The Bertz CT molecular complexity index is 480. The number of carbonyl (C=O) groups is 1. The van der Waals surface area contributed by atoms with Gasteiger partial charge >= 0.3 is 6.03 Å². The average Bonchev–Trinajstić information content (AvgIpc) is 2.42. The summed E-state index contributed by atoms with van der Waals surface area (Å²) in [6.45, 7) is 4.61. The fourth-order valence-corrected chi connectivity index (χ4v) is 1.93. The van der Waals surface area contributed by atoms with Crippen molar-refractivity contribution in [1.82, 2.24) is 10.6 Å².